The minimum Gasteiger partial charge on any atom is -0.198 e. The van der Waals surface area contributed by atoms with Crippen LogP contribution < -0.4 is 0 Å². The van der Waals surface area contributed by atoms with Gasteiger partial charge in [0.2, 0.25) is 0 Å². The zero-order valence-electron chi connectivity index (χ0n) is 5.05. The van der Waals surface area contributed by atoms with Crippen LogP contribution in [0, 0.1) is 39.4 Å². The van der Waals surface area contributed by atoms with Crippen molar-refractivity contribution in [2.75, 3.05) is 0 Å². The SMILES string of the molecule is CC(C#N)(C#N)CC#N. The van der Waals surface area contributed by atoms with Gasteiger partial charge in [-0.25, -0.2) is 0 Å². The molecule has 0 spiro atoms. The van der Waals surface area contributed by atoms with Gasteiger partial charge >= 0.3 is 0 Å². The minimum atomic E-state index is -1.12. The highest BCUT2D eigenvalue weighted by Crippen LogP contribution is 2.16. The Morgan fingerprint density at radius 2 is 1.67 bits per heavy atom. The first-order chi connectivity index (χ1) is 4.18. The molecule has 0 aliphatic heterocycles. The second-order valence-electron chi connectivity index (χ2n) is 1.89. The van der Waals surface area contributed by atoms with E-state index in [0.717, 1.165) is 0 Å². The van der Waals surface area contributed by atoms with E-state index in [0.29, 0.717) is 0 Å². The number of nitriles is 3. The van der Waals surface area contributed by atoms with Crippen LogP contribution in [0.4, 0.5) is 0 Å². The van der Waals surface area contributed by atoms with Crippen molar-refractivity contribution in [2.24, 2.45) is 5.41 Å². The Bertz CT molecular complexity index is 196. The van der Waals surface area contributed by atoms with Gasteiger partial charge in [-0.05, 0) is 6.92 Å². The molecule has 0 rings (SSSR count). The summed E-state index contributed by atoms with van der Waals surface area (Å²) in [6.07, 6.45) is -0.0278. The van der Waals surface area contributed by atoms with Crippen LogP contribution >= 0.6 is 0 Å². The van der Waals surface area contributed by atoms with Crippen molar-refractivity contribution in [3.63, 3.8) is 0 Å². The van der Waals surface area contributed by atoms with Crippen LogP contribution in [0.15, 0.2) is 0 Å². The van der Waals surface area contributed by atoms with Gasteiger partial charge in [0.1, 0.15) is 0 Å². The largest absolute Gasteiger partial charge is 0.198 e. The maximum Gasteiger partial charge on any atom is 0.153 e. The Labute approximate surface area is 53.7 Å². The predicted octanol–water partition coefficient (Wildman–Crippen LogP) is 0.954. The van der Waals surface area contributed by atoms with E-state index < -0.39 is 5.41 Å². The molecule has 0 radical (unpaired) electrons. The summed E-state index contributed by atoms with van der Waals surface area (Å²) < 4.78 is 0. The summed E-state index contributed by atoms with van der Waals surface area (Å²) in [6, 6.07) is 5.26. The summed E-state index contributed by atoms with van der Waals surface area (Å²) in [5.74, 6) is 0. The highest BCUT2D eigenvalue weighted by atomic mass is 14.4. The Kier molecular flexibility index (Phi) is 2.24. The number of hydrogen-bond acceptors (Lipinski definition) is 3. The van der Waals surface area contributed by atoms with E-state index in [1.54, 1.807) is 18.2 Å². The molecule has 0 unspecified atom stereocenters. The van der Waals surface area contributed by atoms with Crippen molar-refractivity contribution >= 4 is 0 Å². The van der Waals surface area contributed by atoms with Crippen molar-refractivity contribution in [2.45, 2.75) is 13.3 Å². The van der Waals surface area contributed by atoms with Crippen LogP contribution in [0.5, 0.6) is 0 Å². The highest BCUT2D eigenvalue weighted by molar-refractivity contribution is 5.13. The number of nitrogens with zero attached hydrogens (tertiary/aromatic N) is 3. The van der Waals surface area contributed by atoms with E-state index in [4.69, 9.17) is 15.8 Å². The molecule has 3 heteroatoms. The molecule has 0 aromatic heterocycles. The molecule has 0 fully saturated rings. The maximum absolute atomic E-state index is 8.29. The molecule has 0 bridgehead atoms. The van der Waals surface area contributed by atoms with E-state index in [2.05, 4.69) is 0 Å². The molecule has 0 saturated carbocycles. The van der Waals surface area contributed by atoms with Gasteiger partial charge in [-0.15, -0.1) is 0 Å². The molecule has 0 N–H and O–H groups in total. The van der Waals surface area contributed by atoms with Gasteiger partial charge in [-0.3, -0.25) is 0 Å². The number of hydrogen-bond donors (Lipinski definition) is 0. The van der Waals surface area contributed by atoms with Gasteiger partial charge in [-0.1, -0.05) is 0 Å². The van der Waals surface area contributed by atoms with Gasteiger partial charge in [0.15, 0.2) is 5.41 Å². The predicted molar refractivity (Wildman–Crippen MR) is 29.6 cm³/mol. The molecule has 0 aromatic rings. The normalized spacial score (nSPS) is 8.67. The minimum absolute atomic E-state index is 0.0278. The quantitative estimate of drug-likeness (QED) is 0.516. The van der Waals surface area contributed by atoms with E-state index in [9.17, 15) is 0 Å². The lowest BCUT2D eigenvalue weighted by Gasteiger charge is -2.02. The molecule has 3 nitrogen and oxygen atoms in total. The summed E-state index contributed by atoms with van der Waals surface area (Å²) in [4.78, 5) is 0. The zero-order valence-corrected chi connectivity index (χ0v) is 5.05. The molecular weight excluding hydrogens is 114 g/mol. The van der Waals surface area contributed by atoms with E-state index in [1.807, 2.05) is 0 Å². The lowest BCUT2D eigenvalue weighted by molar-refractivity contribution is 0.602. The third kappa shape index (κ3) is 1.80. The van der Waals surface area contributed by atoms with Gasteiger partial charge in [-0.2, -0.15) is 15.8 Å². The zero-order chi connectivity index (χ0) is 7.33. The third-order valence-electron chi connectivity index (χ3n) is 0.926. The fourth-order valence-corrected chi connectivity index (χ4v) is 0.262. The standard InChI is InChI=1S/C6H5N3/c1-6(4-8,5-9)2-3-7/h2H2,1H3. The first-order valence-electron chi connectivity index (χ1n) is 2.38. The molecule has 0 aromatic carbocycles. The monoisotopic (exact) mass is 119 g/mol. The average Bonchev–Trinajstić information content (AvgIpc) is 1.89. The van der Waals surface area contributed by atoms with Crippen LogP contribution in [0.25, 0.3) is 0 Å². The molecule has 0 aliphatic rings. The van der Waals surface area contributed by atoms with Gasteiger partial charge < -0.3 is 0 Å². The van der Waals surface area contributed by atoms with E-state index >= 15 is 0 Å². The summed E-state index contributed by atoms with van der Waals surface area (Å²) in [5.41, 5.74) is -1.12. The molecule has 0 aliphatic carbocycles. The Hall–Kier alpha value is -1.53. The molecule has 0 amide bonds. The van der Waals surface area contributed by atoms with Crippen molar-refractivity contribution in [3.05, 3.63) is 0 Å². The lowest BCUT2D eigenvalue weighted by atomic mass is 9.92. The first-order valence-corrected chi connectivity index (χ1v) is 2.38. The molecule has 44 valence electrons. The van der Waals surface area contributed by atoms with Gasteiger partial charge in [0.05, 0.1) is 24.6 Å². The van der Waals surface area contributed by atoms with Crippen LogP contribution in [-0.4, -0.2) is 0 Å². The van der Waals surface area contributed by atoms with Crippen LogP contribution in [0.1, 0.15) is 13.3 Å². The fourth-order valence-electron chi connectivity index (χ4n) is 0.262. The van der Waals surface area contributed by atoms with Crippen LogP contribution in [0.3, 0.4) is 0 Å². The molecule has 0 atom stereocenters. The van der Waals surface area contributed by atoms with Crippen molar-refractivity contribution < 1.29 is 0 Å². The molecule has 9 heavy (non-hydrogen) atoms. The Morgan fingerprint density at radius 1 is 1.22 bits per heavy atom. The van der Waals surface area contributed by atoms with E-state index in [1.165, 1.54) is 6.92 Å². The van der Waals surface area contributed by atoms with Crippen LogP contribution in [0.2, 0.25) is 0 Å². The molecule has 0 saturated heterocycles. The Morgan fingerprint density at radius 3 is 1.78 bits per heavy atom. The second kappa shape index (κ2) is 2.70. The summed E-state index contributed by atoms with van der Waals surface area (Å²) >= 11 is 0. The highest BCUT2D eigenvalue weighted by Gasteiger charge is 2.21. The molecular formula is C6H5N3. The third-order valence-corrected chi connectivity index (χ3v) is 0.926. The lowest BCUT2D eigenvalue weighted by Crippen LogP contribution is -2.08. The van der Waals surface area contributed by atoms with E-state index in [-0.39, 0.29) is 6.42 Å². The fraction of sp³-hybridized carbons (Fsp3) is 0.500. The maximum atomic E-state index is 8.29. The second-order valence-corrected chi connectivity index (χ2v) is 1.89. The van der Waals surface area contributed by atoms with Crippen LogP contribution in [-0.2, 0) is 0 Å². The smallest absolute Gasteiger partial charge is 0.153 e. The first kappa shape index (κ1) is 7.47. The molecule has 0 heterocycles. The summed E-state index contributed by atoms with van der Waals surface area (Å²) in [5, 5.41) is 24.7. The topological polar surface area (TPSA) is 71.4 Å². The average molecular weight is 119 g/mol. The summed E-state index contributed by atoms with van der Waals surface area (Å²) in [6.45, 7) is 1.44. The van der Waals surface area contributed by atoms with Gasteiger partial charge in [0, 0.05) is 0 Å². The van der Waals surface area contributed by atoms with Crippen molar-refractivity contribution in [1.82, 2.24) is 0 Å². The Balaban J connectivity index is 4.24. The number of rotatable bonds is 1. The summed E-state index contributed by atoms with van der Waals surface area (Å²) in [7, 11) is 0. The van der Waals surface area contributed by atoms with Crippen molar-refractivity contribution in [1.29, 1.82) is 15.8 Å². The van der Waals surface area contributed by atoms with Gasteiger partial charge in [0.25, 0.3) is 0 Å². The van der Waals surface area contributed by atoms with Crippen molar-refractivity contribution in [3.8, 4) is 18.2 Å².